The molecule has 0 bridgehead atoms. The number of benzene rings is 9. The van der Waals surface area contributed by atoms with Crippen molar-refractivity contribution in [3.63, 3.8) is 0 Å². The van der Waals surface area contributed by atoms with E-state index in [4.69, 9.17) is 8.83 Å². The minimum absolute atomic E-state index is 0.870. The van der Waals surface area contributed by atoms with Crippen molar-refractivity contribution in [2.45, 2.75) is 0 Å². The fourth-order valence-electron chi connectivity index (χ4n) is 9.48. The third-order valence-corrected chi connectivity index (χ3v) is 12.1. The van der Waals surface area contributed by atoms with Gasteiger partial charge < -0.3 is 18.0 Å². The van der Waals surface area contributed by atoms with Crippen molar-refractivity contribution >= 4 is 87.5 Å². The molecular weight excluding hydrogens is 709 g/mol. The second kappa shape index (κ2) is 11.8. The molecule has 0 amide bonds. The second-order valence-electron chi connectivity index (χ2n) is 15.3. The summed E-state index contributed by atoms with van der Waals surface area (Å²) in [5.74, 6) is 0. The molecule has 4 heterocycles. The van der Waals surface area contributed by atoms with Crippen LogP contribution in [0.2, 0.25) is 0 Å². The molecule has 0 saturated carbocycles. The summed E-state index contributed by atoms with van der Waals surface area (Å²) in [5.41, 5.74) is 15.1. The Morgan fingerprint density at radius 1 is 0.276 bits per heavy atom. The van der Waals surface area contributed by atoms with Gasteiger partial charge in [0.2, 0.25) is 0 Å². The third kappa shape index (κ3) is 4.45. The predicted octanol–water partition coefficient (Wildman–Crippen LogP) is 15.0. The van der Waals surface area contributed by atoms with Crippen molar-refractivity contribution in [1.29, 1.82) is 0 Å². The molecule has 0 radical (unpaired) electrons. The molecule has 4 heteroatoms. The summed E-state index contributed by atoms with van der Waals surface area (Å²) in [5, 5.41) is 9.37. The Morgan fingerprint density at radius 2 is 0.776 bits per heavy atom. The van der Waals surface area contributed by atoms with Gasteiger partial charge in [-0.1, -0.05) is 115 Å². The van der Waals surface area contributed by atoms with Crippen LogP contribution in [0.3, 0.4) is 0 Å². The van der Waals surface area contributed by atoms with Gasteiger partial charge in [0, 0.05) is 48.8 Å². The Labute approximate surface area is 332 Å². The van der Waals surface area contributed by atoms with Crippen LogP contribution in [0.5, 0.6) is 0 Å². The van der Waals surface area contributed by atoms with Crippen LogP contribution < -0.4 is 0 Å². The molecule has 58 heavy (non-hydrogen) atoms. The fraction of sp³-hybridized carbons (Fsp3) is 0. The van der Waals surface area contributed by atoms with Gasteiger partial charge >= 0.3 is 0 Å². The van der Waals surface area contributed by atoms with E-state index in [9.17, 15) is 0 Å². The Balaban J connectivity index is 0.943. The van der Waals surface area contributed by atoms with E-state index in [2.05, 4.69) is 191 Å². The highest BCUT2D eigenvalue weighted by Gasteiger charge is 2.19. The first-order valence-electron chi connectivity index (χ1n) is 19.7. The van der Waals surface area contributed by atoms with Crippen molar-refractivity contribution in [2.24, 2.45) is 0 Å². The zero-order valence-electron chi connectivity index (χ0n) is 31.2. The lowest BCUT2D eigenvalue weighted by atomic mass is 9.97. The molecule has 0 aliphatic heterocycles. The van der Waals surface area contributed by atoms with Gasteiger partial charge in [-0.25, -0.2) is 0 Å². The van der Waals surface area contributed by atoms with Crippen LogP contribution in [0.15, 0.2) is 203 Å². The molecule has 0 atom stereocenters. The number of furan rings is 2. The number of rotatable bonds is 4. The molecule has 9 aromatic carbocycles. The number of para-hydroxylation sites is 5. The van der Waals surface area contributed by atoms with E-state index >= 15 is 0 Å². The van der Waals surface area contributed by atoms with E-state index in [1.54, 1.807) is 0 Å². The Kier molecular flexibility index (Phi) is 6.41. The molecule has 13 rings (SSSR count). The van der Waals surface area contributed by atoms with Gasteiger partial charge in [-0.2, -0.15) is 0 Å². The molecule has 13 aromatic rings. The molecule has 0 saturated heterocycles. The maximum absolute atomic E-state index is 6.76. The highest BCUT2D eigenvalue weighted by Crippen LogP contribution is 2.41. The molecule has 270 valence electrons. The van der Waals surface area contributed by atoms with Crippen LogP contribution in [0, 0.1) is 0 Å². The maximum atomic E-state index is 6.76. The number of hydrogen-bond acceptors (Lipinski definition) is 2. The Bertz CT molecular complexity index is 3760. The fourth-order valence-corrected chi connectivity index (χ4v) is 9.48. The van der Waals surface area contributed by atoms with E-state index < -0.39 is 0 Å². The average Bonchev–Trinajstić information content (AvgIpc) is 4.03. The first kappa shape index (κ1) is 31.4. The van der Waals surface area contributed by atoms with Gasteiger partial charge in [0.25, 0.3) is 0 Å². The minimum Gasteiger partial charge on any atom is -0.456 e. The molecule has 4 nitrogen and oxygen atoms in total. The predicted molar refractivity (Wildman–Crippen MR) is 241 cm³/mol. The van der Waals surface area contributed by atoms with Gasteiger partial charge in [0.1, 0.15) is 16.7 Å². The lowest BCUT2D eigenvalue weighted by Crippen LogP contribution is -1.94. The number of hydrogen-bond donors (Lipinski definition) is 0. The first-order valence-corrected chi connectivity index (χ1v) is 19.7. The van der Waals surface area contributed by atoms with Gasteiger partial charge in [0.15, 0.2) is 5.58 Å². The van der Waals surface area contributed by atoms with Crippen molar-refractivity contribution in [2.75, 3.05) is 0 Å². The minimum atomic E-state index is 0.870. The molecule has 0 unspecified atom stereocenters. The maximum Gasteiger partial charge on any atom is 0.159 e. The van der Waals surface area contributed by atoms with E-state index in [0.717, 1.165) is 60.8 Å². The summed E-state index contributed by atoms with van der Waals surface area (Å²) in [6.45, 7) is 0. The third-order valence-electron chi connectivity index (χ3n) is 12.1. The summed E-state index contributed by atoms with van der Waals surface area (Å²) in [6.07, 6.45) is 0. The van der Waals surface area contributed by atoms with Crippen molar-refractivity contribution in [3.8, 4) is 33.6 Å². The summed E-state index contributed by atoms with van der Waals surface area (Å²) in [6, 6.07) is 69.6. The SMILES string of the molecule is c1cc(-c2ccc3oc4ccccc4c3c2)cc(-c2ccc3c(c2)c2ccccc2n3-c2ccc3oc4c(-n5c6ccccc6c6ccccc65)cccc4c3c2)c1. The Morgan fingerprint density at radius 3 is 1.53 bits per heavy atom. The topological polar surface area (TPSA) is 36.1 Å². The summed E-state index contributed by atoms with van der Waals surface area (Å²) >= 11 is 0. The summed E-state index contributed by atoms with van der Waals surface area (Å²) < 4.78 is 17.6. The zero-order chi connectivity index (χ0) is 37.9. The molecule has 0 spiro atoms. The normalized spacial score (nSPS) is 12.1. The monoisotopic (exact) mass is 740 g/mol. The number of fused-ring (bicyclic) bond motifs is 12. The highest BCUT2D eigenvalue weighted by atomic mass is 16.3. The van der Waals surface area contributed by atoms with Crippen LogP contribution in [0.25, 0.3) is 121 Å². The van der Waals surface area contributed by atoms with Crippen LogP contribution in [0.1, 0.15) is 0 Å². The van der Waals surface area contributed by atoms with E-state index in [1.807, 2.05) is 12.1 Å². The molecule has 0 aliphatic rings. The largest absolute Gasteiger partial charge is 0.456 e. The van der Waals surface area contributed by atoms with Gasteiger partial charge in [-0.3, -0.25) is 0 Å². The lowest BCUT2D eigenvalue weighted by Gasteiger charge is -2.10. The quantitative estimate of drug-likeness (QED) is 0.180. The molecule has 0 fully saturated rings. The smallest absolute Gasteiger partial charge is 0.159 e. The molecule has 0 aliphatic carbocycles. The van der Waals surface area contributed by atoms with Crippen molar-refractivity contribution in [1.82, 2.24) is 9.13 Å². The van der Waals surface area contributed by atoms with E-state index in [-0.39, 0.29) is 0 Å². The molecule has 0 N–H and O–H groups in total. The van der Waals surface area contributed by atoms with E-state index in [1.165, 1.54) is 60.3 Å². The number of aromatic nitrogens is 2. The van der Waals surface area contributed by atoms with Gasteiger partial charge in [-0.15, -0.1) is 0 Å². The van der Waals surface area contributed by atoms with Crippen LogP contribution >= 0.6 is 0 Å². The number of nitrogens with zero attached hydrogens (tertiary/aromatic N) is 2. The zero-order valence-corrected chi connectivity index (χ0v) is 31.2. The second-order valence-corrected chi connectivity index (χ2v) is 15.3. The standard InChI is InChI=1S/C54H32N2O2/c1-6-19-47-38(13-1)39-14-2-7-20-48(39)56(47)50-21-10-17-42-45-32-37(25-28-53(45)58-54(42)50)55-46-18-5-3-15-40(46)43-30-35(23-26-49(43)55)33-11-9-12-34(29-33)36-24-27-52-44(31-36)41-16-4-8-22-51(41)57-52/h1-32H. The highest BCUT2D eigenvalue weighted by molar-refractivity contribution is 6.14. The van der Waals surface area contributed by atoms with Crippen molar-refractivity contribution in [3.05, 3.63) is 194 Å². The first-order chi connectivity index (χ1) is 28.7. The van der Waals surface area contributed by atoms with Crippen molar-refractivity contribution < 1.29 is 8.83 Å². The van der Waals surface area contributed by atoms with Crippen LogP contribution in [-0.4, -0.2) is 9.13 Å². The molecular formula is C54H32N2O2. The van der Waals surface area contributed by atoms with Gasteiger partial charge in [-0.05, 0) is 101 Å². The summed E-state index contributed by atoms with van der Waals surface area (Å²) in [7, 11) is 0. The average molecular weight is 741 g/mol. The van der Waals surface area contributed by atoms with Gasteiger partial charge in [0.05, 0.1) is 27.8 Å². The Hall–Kier alpha value is -7.82. The van der Waals surface area contributed by atoms with E-state index in [0.29, 0.717) is 0 Å². The lowest BCUT2D eigenvalue weighted by molar-refractivity contribution is 0.666. The van der Waals surface area contributed by atoms with Crippen LogP contribution in [0.4, 0.5) is 0 Å². The van der Waals surface area contributed by atoms with Crippen LogP contribution in [-0.2, 0) is 0 Å². The molecule has 4 aromatic heterocycles. The summed E-state index contributed by atoms with van der Waals surface area (Å²) in [4.78, 5) is 0.